The number of imidazole rings is 1. The van der Waals surface area contributed by atoms with Gasteiger partial charge in [-0.25, -0.2) is 9.78 Å². The Morgan fingerprint density at radius 3 is 2.87 bits per heavy atom. The molecule has 1 N–H and O–H groups in total. The summed E-state index contributed by atoms with van der Waals surface area (Å²) in [6.07, 6.45) is 8.44. The number of hydrogen-bond acceptors (Lipinski definition) is 3. The lowest BCUT2D eigenvalue weighted by Crippen LogP contribution is -2.45. The molecule has 2 atom stereocenters. The lowest BCUT2D eigenvalue weighted by molar-refractivity contribution is 0.149. The molecule has 2 amide bonds. The minimum atomic E-state index is -0.0870. The van der Waals surface area contributed by atoms with E-state index < -0.39 is 0 Å². The first-order valence-corrected chi connectivity index (χ1v) is 8.13. The quantitative estimate of drug-likeness (QED) is 0.946. The molecule has 0 bridgehead atoms. The average molecular weight is 316 g/mol. The highest BCUT2D eigenvalue weighted by Gasteiger charge is 2.30. The van der Waals surface area contributed by atoms with E-state index in [9.17, 15) is 4.79 Å². The first-order valence-electron chi connectivity index (χ1n) is 8.13. The number of aromatic nitrogens is 4. The fourth-order valence-electron chi connectivity index (χ4n) is 2.97. The van der Waals surface area contributed by atoms with Gasteiger partial charge in [0.25, 0.3) is 0 Å². The monoisotopic (exact) mass is 316 g/mol. The summed E-state index contributed by atoms with van der Waals surface area (Å²) < 4.78 is 3.93. The molecule has 0 radical (unpaired) electrons. The van der Waals surface area contributed by atoms with Gasteiger partial charge in [0, 0.05) is 43.8 Å². The fourth-order valence-corrected chi connectivity index (χ4v) is 2.97. The van der Waals surface area contributed by atoms with Crippen molar-refractivity contribution >= 4 is 11.8 Å². The molecule has 0 saturated carbocycles. The number of piperidine rings is 1. The summed E-state index contributed by atoms with van der Waals surface area (Å²) in [4.78, 5) is 18.5. The number of hydrogen-bond donors (Lipinski definition) is 1. The van der Waals surface area contributed by atoms with Gasteiger partial charge in [-0.15, -0.1) is 0 Å². The minimum absolute atomic E-state index is 0.0870. The van der Waals surface area contributed by atoms with Gasteiger partial charge < -0.3 is 9.47 Å². The van der Waals surface area contributed by atoms with Crippen molar-refractivity contribution in [2.75, 3.05) is 18.4 Å². The molecule has 1 saturated heterocycles. The average Bonchev–Trinajstić information content (AvgIpc) is 3.18. The predicted octanol–water partition coefficient (Wildman–Crippen LogP) is 2.78. The maximum absolute atomic E-state index is 12.5. The van der Waals surface area contributed by atoms with Crippen molar-refractivity contribution in [1.82, 2.24) is 24.2 Å². The molecule has 2 aromatic heterocycles. The van der Waals surface area contributed by atoms with E-state index in [1.807, 2.05) is 34.4 Å². The van der Waals surface area contributed by atoms with Crippen LogP contribution in [-0.4, -0.2) is 43.4 Å². The van der Waals surface area contributed by atoms with Crippen molar-refractivity contribution in [2.45, 2.75) is 39.3 Å². The van der Waals surface area contributed by atoms with Crippen LogP contribution in [-0.2, 0) is 0 Å². The van der Waals surface area contributed by atoms with Crippen LogP contribution < -0.4 is 5.32 Å². The third-order valence-electron chi connectivity index (χ3n) is 4.49. The van der Waals surface area contributed by atoms with Crippen molar-refractivity contribution in [1.29, 1.82) is 0 Å². The van der Waals surface area contributed by atoms with Gasteiger partial charge in [-0.3, -0.25) is 10.00 Å². The summed E-state index contributed by atoms with van der Waals surface area (Å²) in [6.45, 7) is 7.79. The third kappa shape index (κ3) is 3.38. The van der Waals surface area contributed by atoms with Gasteiger partial charge in [0.15, 0.2) is 5.82 Å². The maximum Gasteiger partial charge on any atom is 0.323 e. The molecule has 124 valence electrons. The molecule has 0 unspecified atom stereocenters. The number of nitrogens with zero attached hydrogens (tertiary/aromatic N) is 5. The number of rotatable bonds is 3. The van der Waals surface area contributed by atoms with Gasteiger partial charge in [-0.2, -0.15) is 5.10 Å². The van der Waals surface area contributed by atoms with Gasteiger partial charge >= 0.3 is 6.03 Å². The van der Waals surface area contributed by atoms with E-state index in [4.69, 9.17) is 0 Å². The zero-order valence-corrected chi connectivity index (χ0v) is 13.9. The SMILES string of the molecule is CC(C)n1ccc(NC(=O)N2CC[C@@H](C)[C@H](n3ccnc3)C2)n1. The lowest BCUT2D eigenvalue weighted by Gasteiger charge is -2.37. The number of urea groups is 1. The van der Waals surface area contributed by atoms with Gasteiger partial charge in [-0.1, -0.05) is 6.92 Å². The highest BCUT2D eigenvalue weighted by atomic mass is 16.2. The van der Waals surface area contributed by atoms with E-state index in [0.29, 0.717) is 18.3 Å². The molecule has 0 spiro atoms. The van der Waals surface area contributed by atoms with Crippen LogP contribution >= 0.6 is 0 Å². The number of nitrogens with one attached hydrogen (secondary N) is 1. The van der Waals surface area contributed by atoms with Crippen LogP contribution in [0.3, 0.4) is 0 Å². The zero-order chi connectivity index (χ0) is 16.4. The molecule has 1 aliphatic rings. The highest BCUT2D eigenvalue weighted by Crippen LogP contribution is 2.27. The normalized spacial score (nSPS) is 21.7. The summed E-state index contributed by atoms with van der Waals surface area (Å²) in [5.74, 6) is 1.12. The van der Waals surface area contributed by atoms with Crippen LogP contribution in [0.4, 0.5) is 10.6 Å². The molecule has 7 nitrogen and oxygen atoms in total. The minimum Gasteiger partial charge on any atom is -0.332 e. The van der Waals surface area contributed by atoms with E-state index in [2.05, 4.69) is 40.7 Å². The first-order chi connectivity index (χ1) is 11.0. The number of likely N-dealkylation sites (tertiary alicyclic amines) is 1. The molecule has 23 heavy (non-hydrogen) atoms. The van der Waals surface area contributed by atoms with Crippen molar-refractivity contribution in [3.8, 4) is 0 Å². The Morgan fingerprint density at radius 2 is 2.22 bits per heavy atom. The third-order valence-corrected chi connectivity index (χ3v) is 4.49. The fraction of sp³-hybridized carbons (Fsp3) is 0.562. The van der Waals surface area contributed by atoms with Crippen molar-refractivity contribution in [3.63, 3.8) is 0 Å². The lowest BCUT2D eigenvalue weighted by atomic mass is 9.93. The Morgan fingerprint density at radius 1 is 1.39 bits per heavy atom. The Hall–Kier alpha value is -2.31. The molecule has 0 aromatic carbocycles. The van der Waals surface area contributed by atoms with Crippen LogP contribution in [0.25, 0.3) is 0 Å². The van der Waals surface area contributed by atoms with E-state index in [0.717, 1.165) is 13.0 Å². The predicted molar refractivity (Wildman–Crippen MR) is 88.2 cm³/mol. The summed E-state index contributed by atoms with van der Waals surface area (Å²) in [7, 11) is 0. The van der Waals surface area contributed by atoms with Gasteiger partial charge in [0.1, 0.15) is 0 Å². The van der Waals surface area contributed by atoms with E-state index in [1.165, 1.54) is 0 Å². The van der Waals surface area contributed by atoms with Crippen LogP contribution in [0.1, 0.15) is 39.3 Å². The second-order valence-corrected chi connectivity index (χ2v) is 6.49. The summed E-state index contributed by atoms with van der Waals surface area (Å²) in [5.41, 5.74) is 0. The Bertz CT molecular complexity index is 647. The van der Waals surface area contributed by atoms with Gasteiger partial charge in [0.2, 0.25) is 0 Å². The maximum atomic E-state index is 12.5. The Kier molecular flexibility index (Phi) is 4.36. The molecule has 1 fully saturated rings. The number of carbonyl (C=O) groups excluding carboxylic acids is 1. The second-order valence-electron chi connectivity index (χ2n) is 6.49. The zero-order valence-electron chi connectivity index (χ0n) is 13.9. The van der Waals surface area contributed by atoms with Crippen LogP contribution in [0, 0.1) is 5.92 Å². The molecule has 1 aliphatic heterocycles. The summed E-state index contributed by atoms with van der Waals surface area (Å²) in [5, 5.41) is 7.27. The Labute approximate surface area is 136 Å². The summed E-state index contributed by atoms with van der Waals surface area (Å²) >= 11 is 0. The number of anilines is 1. The second kappa shape index (κ2) is 6.44. The van der Waals surface area contributed by atoms with Crippen LogP contribution in [0.5, 0.6) is 0 Å². The van der Waals surface area contributed by atoms with Crippen molar-refractivity contribution in [3.05, 3.63) is 31.0 Å². The largest absolute Gasteiger partial charge is 0.332 e. The van der Waals surface area contributed by atoms with E-state index in [-0.39, 0.29) is 18.1 Å². The molecule has 2 aromatic rings. The molecule has 0 aliphatic carbocycles. The van der Waals surface area contributed by atoms with Crippen LogP contribution in [0.15, 0.2) is 31.0 Å². The van der Waals surface area contributed by atoms with Crippen molar-refractivity contribution in [2.24, 2.45) is 5.92 Å². The molecule has 3 rings (SSSR count). The van der Waals surface area contributed by atoms with Gasteiger partial charge in [0.05, 0.1) is 12.4 Å². The number of amides is 2. The topological polar surface area (TPSA) is 68.0 Å². The molecule has 7 heteroatoms. The Balaban J connectivity index is 1.65. The van der Waals surface area contributed by atoms with Gasteiger partial charge in [-0.05, 0) is 26.2 Å². The standard InChI is InChI=1S/C16H24N6O/c1-12(2)22-8-5-15(19-22)18-16(23)20-7-4-13(3)14(10-20)21-9-6-17-11-21/h5-6,8-9,11-14H,4,7,10H2,1-3H3,(H,18,19,23)/t13-,14-/m1/s1. The molecular formula is C16H24N6O. The molecule has 3 heterocycles. The van der Waals surface area contributed by atoms with E-state index >= 15 is 0 Å². The summed E-state index contributed by atoms with van der Waals surface area (Å²) in [6, 6.07) is 2.29. The smallest absolute Gasteiger partial charge is 0.323 e. The molecular weight excluding hydrogens is 292 g/mol. The van der Waals surface area contributed by atoms with Crippen LogP contribution in [0.2, 0.25) is 0 Å². The number of carbonyl (C=O) groups is 1. The van der Waals surface area contributed by atoms with Crippen molar-refractivity contribution < 1.29 is 4.79 Å². The highest BCUT2D eigenvalue weighted by molar-refractivity contribution is 5.88. The van der Waals surface area contributed by atoms with E-state index in [1.54, 1.807) is 6.20 Å². The first kappa shape index (κ1) is 15.6.